The van der Waals surface area contributed by atoms with Crippen molar-refractivity contribution < 1.29 is 4.74 Å². The lowest BCUT2D eigenvalue weighted by Crippen LogP contribution is -2.38. The van der Waals surface area contributed by atoms with Gasteiger partial charge >= 0.3 is 0 Å². The summed E-state index contributed by atoms with van der Waals surface area (Å²) in [7, 11) is 2.06. The molecule has 1 N–H and O–H groups in total. The molecule has 1 aliphatic heterocycles. The van der Waals surface area contributed by atoms with Gasteiger partial charge in [-0.25, -0.2) is 0 Å². The van der Waals surface area contributed by atoms with E-state index >= 15 is 0 Å². The van der Waals surface area contributed by atoms with Crippen molar-refractivity contribution in [3.63, 3.8) is 0 Å². The van der Waals surface area contributed by atoms with E-state index in [1.54, 1.807) is 0 Å². The molecule has 2 heteroatoms. The van der Waals surface area contributed by atoms with Crippen LogP contribution in [-0.2, 0) is 4.74 Å². The Balaban J connectivity index is 1.86. The third kappa shape index (κ3) is 2.05. The molecule has 0 bridgehead atoms. The summed E-state index contributed by atoms with van der Waals surface area (Å²) in [6.45, 7) is 2.15. The fraction of sp³-hybridized carbons (Fsp3) is 1.00. The summed E-state index contributed by atoms with van der Waals surface area (Å²) in [4.78, 5) is 0. The first-order valence-corrected chi connectivity index (χ1v) is 5.68. The number of ether oxygens (including phenoxy) is 1. The molecule has 2 rings (SSSR count). The summed E-state index contributed by atoms with van der Waals surface area (Å²) in [5.41, 5.74) is 0. The lowest BCUT2D eigenvalue weighted by molar-refractivity contribution is 0.0186. The number of rotatable bonds is 4. The first kappa shape index (κ1) is 9.47. The fourth-order valence-electron chi connectivity index (χ4n) is 2.65. The normalized spacial score (nSPS) is 31.6. The van der Waals surface area contributed by atoms with Gasteiger partial charge in [0.1, 0.15) is 0 Å². The van der Waals surface area contributed by atoms with Crippen LogP contribution in [0.15, 0.2) is 0 Å². The summed E-state index contributed by atoms with van der Waals surface area (Å²) in [5, 5.41) is 3.31. The molecule has 13 heavy (non-hydrogen) atoms. The summed E-state index contributed by atoms with van der Waals surface area (Å²) in [6.07, 6.45) is 7.45. The van der Waals surface area contributed by atoms with Crippen LogP contribution >= 0.6 is 0 Å². The van der Waals surface area contributed by atoms with Gasteiger partial charge < -0.3 is 10.1 Å². The van der Waals surface area contributed by atoms with Crippen LogP contribution < -0.4 is 5.32 Å². The molecule has 2 unspecified atom stereocenters. The predicted octanol–water partition coefficient (Wildman–Crippen LogP) is 1.80. The Morgan fingerprint density at radius 2 is 2.15 bits per heavy atom. The molecular formula is C11H21NO. The Morgan fingerprint density at radius 3 is 2.62 bits per heavy atom. The monoisotopic (exact) mass is 183 g/mol. The van der Waals surface area contributed by atoms with Crippen LogP contribution in [0.4, 0.5) is 0 Å². The van der Waals surface area contributed by atoms with E-state index in [9.17, 15) is 0 Å². The van der Waals surface area contributed by atoms with E-state index < -0.39 is 0 Å². The van der Waals surface area contributed by atoms with Gasteiger partial charge in [0.15, 0.2) is 0 Å². The highest BCUT2D eigenvalue weighted by molar-refractivity contribution is 4.85. The van der Waals surface area contributed by atoms with Crippen molar-refractivity contribution >= 4 is 0 Å². The average molecular weight is 183 g/mol. The molecule has 2 fully saturated rings. The first-order valence-electron chi connectivity index (χ1n) is 5.68. The van der Waals surface area contributed by atoms with Crippen LogP contribution in [0, 0.1) is 11.8 Å². The molecule has 76 valence electrons. The molecule has 0 spiro atoms. The SMILES string of the molecule is CNCC(C1CCC1)C1CCCO1. The van der Waals surface area contributed by atoms with E-state index in [0.717, 1.165) is 25.0 Å². The van der Waals surface area contributed by atoms with Crippen molar-refractivity contribution in [3.8, 4) is 0 Å². The molecule has 0 aromatic carbocycles. The summed E-state index contributed by atoms with van der Waals surface area (Å²) < 4.78 is 5.78. The molecule has 1 saturated heterocycles. The molecule has 0 aromatic rings. The summed E-state index contributed by atoms with van der Waals surface area (Å²) in [5.74, 6) is 1.75. The second kappa shape index (κ2) is 4.43. The van der Waals surface area contributed by atoms with Gasteiger partial charge in [-0.05, 0) is 25.8 Å². The molecule has 1 saturated carbocycles. The van der Waals surface area contributed by atoms with E-state index in [1.165, 1.54) is 32.1 Å². The molecule has 2 aliphatic rings. The highest BCUT2D eigenvalue weighted by Gasteiger charge is 2.34. The molecule has 1 aliphatic carbocycles. The summed E-state index contributed by atoms with van der Waals surface area (Å²) >= 11 is 0. The maximum Gasteiger partial charge on any atom is 0.0618 e. The molecular weight excluding hydrogens is 162 g/mol. The van der Waals surface area contributed by atoms with Gasteiger partial charge in [-0.15, -0.1) is 0 Å². The molecule has 0 radical (unpaired) electrons. The molecule has 0 amide bonds. The minimum atomic E-state index is 0.567. The van der Waals surface area contributed by atoms with E-state index in [2.05, 4.69) is 12.4 Å². The zero-order chi connectivity index (χ0) is 9.10. The van der Waals surface area contributed by atoms with Crippen LogP contribution in [-0.4, -0.2) is 26.3 Å². The lowest BCUT2D eigenvalue weighted by atomic mass is 9.73. The van der Waals surface area contributed by atoms with Crippen LogP contribution in [0.2, 0.25) is 0 Å². The van der Waals surface area contributed by atoms with Crippen molar-refractivity contribution in [2.45, 2.75) is 38.2 Å². The van der Waals surface area contributed by atoms with Crippen LogP contribution in [0.3, 0.4) is 0 Å². The van der Waals surface area contributed by atoms with Crippen LogP contribution in [0.1, 0.15) is 32.1 Å². The Bertz CT molecular complexity index is 150. The zero-order valence-electron chi connectivity index (χ0n) is 8.59. The second-order valence-corrected chi connectivity index (χ2v) is 4.46. The third-order valence-electron chi connectivity index (χ3n) is 3.64. The predicted molar refractivity (Wildman–Crippen MR) is 53.7 cm³/mol. The first-order chi connectivity index (χ1) is 6.42. The van der Waals surface area contributed by atoms with Gasteiger partial charge in [0, 0.05) is 19.1 Å². The summed E-state index contributed by atoms with van der Waals surface area (Å²) in [6, 6.07) is 0. The van der Waals surface area contributed by atoms with Crippen molar-refractivity contribution in [1.29, 1.82) is 0 Å². The Labute approximate surface area is 81.0 Å². The molecule has 2 atom stereocenters. The highest BCUT2D eigenvalue weighted by Crippen LogP contribution is 2.38. The molecule has 2 nitrogen and oxygen atoms in total. The van der Waals surface area contributed by atoms with Gasteiger partial charge in [0.25, 0.3) is 0 Å². The minimum Gasteiger partial charge on any atom is -0.378 e. The number of hydrogen-bond donors (Lipinski definition) is 1. The average Bonchev–Trinajstić information content (AvgIpc) is 2.51. The standard InChI is InChI=1S/C11H21NO/c1-12-8-10(9-4-2-5-9)11-6-3-7-13-11/h9-12H,2-8H2,1H3. The smallest absolute Gasteiger partial charge is 0.0618 e. The van der Waals surface area contributed by atoms with Gasteiger partial charge in [0.2, 0.25) is 0 Å². The van der Waals surface area contributed by atoms with E-state index in [1.807, 2.05) is 0 Å². The van der Waals surface area contributed by atoms with Gasteiger partial charge in [0.05, 0.1) is 6.10 Å². The highest BCUT2D eigenvalue weighted by atomic mass is 16.5. The maximum atomic E-state index is 5.78. The Morgan fingerprint density at radius 1 is 1.31 bits per heavy atom. The lowest BCUT2D eigenvalue weighted by Gasteiger charge is -2.36. The molecule has 1 heterocycles. The Kier molecular flexibility index (Phi) is 3.23. The molecule has 0 aromatic heterocycles. The van der Waals surface area contributed by atoms with E-state index in [4.69, 9.17) is 4.74 Å². The van der Waals surface area contributed by atoms with Gasteiger partial charge in [-0.3, -0.25) is 0 Å². The third-order valence-corrected chi connectivity index (χ3v) is 3.64. The van der Waals surface area contributed by atoms with E-state index in [0.29, 0.717) is 6.10 Å². The van der Waals surface area contributed by atoms with Gasteiger partial charge in [-0.1, -0.05) is 19.3 Å². The van der Waals surface area contributed by atoms with Crippen molar-refractivity contribution in [3.05, 3.63) is 0 Å². The largest absolute Gasteiger partial charge is 0.378 e. The van der Waals surface area contributed by atoms with Crippen LogP contribution in [0.5, 0.6) is 0 Å². The van der Waals surface area contributed by atoms with Crippen molar-refractivity contribution in [2.75, 3.05) is 20.2 Å². The topological polar surface area (TPSA) is 21.3 Å². The maximum absolute atomic E-state index is 5.78. The zero-order valence-corrected chi connectivity index (χ0v) is 8.59. The quantitative estimate of drug-likeness (QED) is 0.717. The van der Waals surface area contributed by atoms with E-state index in [-0.39, 0.29) is 0 Å². The number of hydrogen-bond acceptors (Lipinski definition) is 2. The minimum absolute atomic E-state index is 0.567. The van der Waals surface area contributed by atoms with Gasteiger partial charge in [-0.2, -0.15) is 0 Å². The fourth-order valence-corrected chi connectivity index (χ4v) is 2.65. The van der Waals surface area contributed by atoms with Crippen LogP contribution in [0.25, 0.3) is 0 Å². The van der Waals surface area contributed by atoms with Crippen molar-refractivity contribution in [1.82, 2.24) is 5.32 Å². The number of nitrogens with one attached hydrogen (secondary N) is 1. The second-order valence-electron chi connectivity index (χ2n) is 4.46. The Hall–Kier alpha value is -0.0800. The van der Waals surface area contributed by atoms with Crippen molar-refractivity contribution in [2.24, 2.45) is 11.8 Å².